The Morgan fingerprint density at radius 3 is 2.75 bits per heavy atom. The lowest BCUT2D eigenvalue weighted by Gasteiger charge is -2.17. The Kier molecular flexibility index (Phi) is 3.11. The van der Waals surface area contributed by atoms with E-state index in [0.717, 1.165) is 24.8 Å². The Morgan fingerprint density at radius 2 is 2.00 bits per heavy atom. The van der Waals surface area contributed by atoms with E-state index in [0.29, 0.717) is 12.3 Å². The molecule has 2 aliphatic carbocycles. The second kappa shape index (κ2) is 4.54. The number of hydrogen-bond acceptors (Lipinski definition) is 0. The molecule has 82 valence electrons. The molecule has 0 aliphatic heterocycles. The number of rotatable bonds is 0. The highest BCUT2D eigenvalue weighted by Crippen LogP contribution is 2.41. The number of nitrogens with zero attached hydrogens (tertiary/aromatic N) is 2. The summed E-state index contributed by atoms with van der Waals surface area (Å²) in [7, 11) is 0. The molecule has 2 heteroatoms. The van der Waals surface area contributed by atoms with Crippen molar-refractivity contribution in [2.24, 2.45) is 5.92 Å². The van der Waals surface area contributed by atoms with Crippen molar-refractivity contribution in [1.29, 1.82) is 0 Å². The Bertz CT molecular complexity index is 389. The molecular formula is C14H16N2. The summed E-state index contributed by atoms with van der Waals surface area (Å²) >= 11 is 0. The van der Waals surface area contributed by atoms with Gasteiger partial charge in [0.2, 0.25) is 0 Å². The maximum atomic E-state index is 7.37. The number of hydrogen-bond donors (Lipinski definition) is 0. The minimum Gasteiger partial charge on any atom is -0.226 e. The topological polar surface area (TPSA) is 8.72 Å². The second-order valence-corrected chi connectivity index (χ2v) is 4.59. The van der Waals surface area contributed by atoms with Gasteiger partial charge in [0.1, 0.15) is 12.0 Å². The van der Waals surface area contributed by atoms with Crippen molar-refractivity contribution in [3.63, 3.8) is 0 Å². The molecule has 0 saturated carbocycles. The van der Waals surface area contributed by atoms with E-state index in [4.69, 9.17) is 13.1 Å². The molecule has 16 heavy (non-hydrogen) atoms. The van der Waals surface area contributed by atoms with Gasteiger partial charge in [0.25, 0.3) is 0 Å². The number of fused-ring (bicyclic) bond motifs is 1. The Hall–Kier alpha value is -1.54. The van der Waals surface area contributed by atoms with Gasteiger partial charge in [0, 0.05) is 0 Å². The predicted molar refractivity (Wildman–Crippen MR) is 64.4 cm³/mol. The molecule has 0 saturated heterocycles. The average Bonchev–Trinajstić information content (AvgIpc) is 2.63. The lowest BCUT2D eigenvalue weighted by atomic mass is 9.85. The first kappa shape index (κ1) is 11.0. The zero-order chi connectivity index (χ0) is 11.4. The van der Waals surface area contributed by atoms with E-state index in [2.05, 4.69) is 21.8 Å². The summed E-state index contributed by atoms with van der Waals surface area (Å²) in [4.78, 5) is 7.32. The summed E-state index contributed by atoms with van der Waals surface area (Å²) in [5.74, 6) is 0.435. The van der Waals surface area contributed by atoms with Gasteiger partial charge in [0.05, 0.1) is 0 Å². The van der Waals surface area contributed by atoms with Crippen LogP contribution in [0.2, 0.25) is 0 Å². The smallest absolute Gasteiger partial charge is 0.226 e. The molecule has 0 bridgehead atoms. The standard InChI is InChI=1S/C14H16N2/c1-15-14(16-2)11-7-6-9-12-8-4-3-5-10-13(12)14/h6-7,10,12H,3-5,8-9,11H2. The molecule has 0 aromatic heterocycles. The van der Waals surface area contributed by atoms with Crippen LogP contribution in [0, 0.1) is 19.1 Å². The summed E-state index contributed by atoms with van der Waals surface area (Å²) in [6, 6.07) is 0. The van der Waals surface area contributed by atoms with Gasteiger partial charge in [-0.2, -0.15) is 0 Å². The Morgan fingerprint density at radius 1 is 1.19 bits per heavy atom. The van der Waals surface area contributed by atoms with Gasteiger partial charge in [-0.3, -0.25) is 0 Å². The van der Waals surface area contributed by atoms with Crippen LogP contribution in [-0.4, -0.2) is 5.66 Å². The Balaban J connectivity index is 2.44. The summed E-state index contributed by atoms with van der Waals surface area (Å²) in [6.45, 7) is 14.7. The van der Waals surface area contributed by atoms with Gasteiger partial charge >= 0.3 is 5.66 Å². The van der Waals surface area contributed by atoms with Crippen LogP contribution in [0.4, 0.5) is 0 Å². The molecular weight excluding hydrogens is 196 g/mol. The third-order valence-electron chi connectivity index (χ3n) is 3.63. The molecule has 0 aromatic carbocycles. The van der Waals surface area contributed by atoms with Crippen LogP contribution < -0.4 is 0 Å². The van der Waals surface area contributed by atoms with Crippen LogP contribution in [-0.2, 0) is 0 Å². The third kappa shape index (κ3) is 1.76. The van der Waals surface area contributed by atoms with Gasteiger partial charge in [-0.15, -0.1) is 0 Å². The third-order valence-corrected chi connectivity index (χ3v) is 3.63. The molecule has 0 amide bonds. The molecule has 2 nitrogen and oxygen atoms in total. The van der Waals surface area contributed by atoms with Crippen molar-refractivity contribution in [1.82, 2.24) is 0 Å². The van der Waals surface area contributed by atoms with E-state index >= 15 is 0 Å². The molecule has 0 radical (unpaired) electrons. The lowest BCUT2D eigenvalue weighted by Crippen LogP contribution is -2.25. The van der Waals surface area contributed by atoms with E-state index in [9.17, 15) is 0 Å². The monoisotopic (exact) mass is 212 g/mol. The van der Waals surface area contributed by atoms with Crippen molar-refractivity contribution in [2.75, 3.05) is 0 Å². The summed E-state index contributed by atoms with van der Waals surface area (Å²) in [5, 5.41) is 0. The summed E-state index contributed by atoms with van der Waals surface area (Å²) in [6.07, 6.45) is 12.6. The lowest BCUT2D eigenvalue weighted by molar-refractivity contribution is 0.508. The summed E-state index contributed by atoms with van der Waals surface area (Å²) in [5.41, 5.74) is 0.196. The SMILES string of the molecule is [C-]#[N+]C1([N+]#[C-])CC=CCC2CCCCC=C21. The predicted octanol–water partition coefficient (Wildman–Crippen LogP) is 3.99. The fourth-order valence-corrected chi connectivity index (χ4v) is 2.72. The normalized spacial score (nSPS) is 27.6. The minimum atomic E-state index is -0.915. The van der Waals surface area contributed by atoms with Gasteiger partial charge < -0.3 is 0 Å². The fourth-order valence-electron chi connectivity index (χ4n) is 2.72. The first-order valence-electron chi connectivity index (χ1n) is 5.95. The van der Waals surface area contributed by atoms with Crippen molar-refractivity contribution in [3.8, 4) is 0 Å². The maximum Gasteiger partial charge on any atom is 0.509 e. The highest BCUT2D eigenvalue weighted by Gasteiger charge is 2.50. The molecule has 0 aromatic rings. The van der Waals surface area contributed by atoms with E-state index in [1.807, 2.05) is 6.08 Å². The largest absolute Gasteiger partial charge is 0.509 e. The molecule has 0 heterocycles. The molecule has 1 unspecified atom stereocenters. The zero-order valence-electron chi connectivity index (χ0n) is 9.45. The van der Waals surface area contributed by atoms with Crippen molar-refractivity contribution in [2.45, 2.75) is 44.2 Å². The Labute approximate surface area is 97.3 Å². The molecule has 2 aliphatic rings. The van der Waals surface area contributed by atoms with Crippen LogP contribution in [0.3, 0.4) is 0 Å². The van der Waals surface area contributed by atoms with Gasteiger partial charge in [-0.25, -0.2) is 22.8 Å². The van der Waals surface area contributed by atoms with E-state index in [1.165, 1.54) is 12.8 Å². The fraction of sp³-hybridized carbons (Fsp3) is 0.571. The van der Waals surface area contributed by atoms with E-state index in [-0.39, 0.29) is 0 Å². The van der Waals surface area contributed by atoms with Crippen LogP contribution >= 0.6 is 0 Å². The first-order valence-corrected chi connectivity index (χ1v) is 5.95. The van der Waals surface area contributed by atoms with Crippen LogP contribution in [0.1, 0.15) is 38.5 Å². The maximum absolute atomic E-state index is 7.37. The molecule has 2 rings (SSSR count). The van der Waals surface area contributed by atoms with Crippen molar-refractivity contribution < 1.29 is 0 Å². The molecule has 1 atom stereocenters. The quantitative estimate of drug-likeness (QED) is 0.424. The van der Waals surface area contributed by atoms with Gasteiger partial charge in [0.15, 0.2) is 0 Å². The van der Waals surface area contributed by atoms with Crippen molar-refractivity contribution >= 4 is 0 Å². The highest BCUT2D eigenvalue weighted by molar-refractivity contribution is 5.36. The van der Waals surface area contributed by atoms with Gasteiger partial charge in [-0.05, 0) is 31.6 Å². The van der Waals surface area contributed by atoms with Crippen molar-refractivity contribution in [3.05, 3.63) is 46.6 Å². The summed E-state index contributed by atoms with van der Waals surface area (Å²) < 4.78 is 0. The van der Waals surface area contributed by atoms with Crippen LogP contribution in [0.15, 0.2) is 23.8 Å². The van der Waals surface area contributed by atoms with E-state index < -0.39 is 5.66 Å². The zero-order valence-corrected chi connectivity index (χ0v) is 9.45. The molecule has 0 fully saturated rings. The molecule has 0 N–H and O–H groups in total. The first-order chi connectivity index (χ1) is 7.82. The highest BCUT2D eigenvalue weighted by atomic mass is 15.0. The second-order valence-electron chi connectivity index (χ2n) is 4.59. The average molecular weight is 212 g/mol. The molecule has 0 spiro atoms. The van der Waals surface area contributed by atoms with E-state index in [1.54, 1.807) is 0 Å². The minimum absolute atomic E-state index is 0.435. The number of allylic oxidation sites excluding steroid dienone is 2. The van der Waals surface area contributed by atoms with Crippen LogP contribution in [0.5, 0.6) is 0 Å². The van der Waals surface area contributed by atoms with Crippen LogP contribution in [0.25, 0.3) is 9.69 Å². The van der Waals surface area contributed by atoms with Gasteiger partial charge in [-0.1, -0.05) is 24.6 Å².